The highest BCUT2D eigenvalue weighted by atomic mass is 35.5. The molecule has 82 valence electrons. The molecule has 0 aliphatic rings. The summed E-state index contributed by atoms with van der Waals surface area (Å²) in [7, 11) is 0. The van der Waals surface area contributed by atoms with Gasteiger partial charge in [0.1, 0.15) is 5.69 Å². The van der Waals surface area contributed by atoms with E-state index in [4.69, 9.17) is 23.2 Å². The number of Topliss-reactive ketones (excluding diaryl/α,β-unsaturated/α-hetero) is 1. The second-order valence-electron chi connectivity index (χ2n) is 3.25. The first-order chi connectivity index (χ1) is 7.68. The number of imidazole rings is 1. The molecule has 0 aliphatic heterocycles. The van der Waals surface area contributed by atoms with Crippen molar-refractivity contribution in [2.75, 3.05) is 0 Å². The summed E-state index contributed by atoms with van der Waals surface area (Å²) in [6.45, 7) is 0. The maximum Gasteiger partial charge on any atom is 0.187 e. The molecule has 0 spiro atoms. The van der Waals surface area contributed by atoms with Gasteiger partial charge in [0, 0.05) is 22.7 Å². The maximum absolute atomic E-state index is 11.8. The average molecular weight is 255 g/mol. The molecule has 1 N–H and O–H groups in total. The van der Waals surface area contributed by atoms with Crippen LogP contribution in [-0.4, -0.2) is 15.8 Å². The zero-order chi connectivity index (χ0) is 11.5. The molecule has 0 atom stereocenters. The number of carbonyl (C=O) groups is 1. The summed E-state index contributed by atoms with van der Waals surface area (Å²) in [4.78, 5) is 18.4. The molecule has 3 nitrogen and oxygen atoms in total. The largest absolute Gasteiger partial charge is 0.350 e. The number of hydrogen-bond acceptors (Lipinski definition) is 2. The molecule has 5 heteroatoms. The standard InChI is InChI=1S/C11H8Cl2N2O/c12-8-2-1-3-9(13)7(8)4-11(16)10-5-14-6-15-10/h1-3,5-6H,4H2,(H,14,15). The molecular weight excluding hydrogens is 247 g/mol. The highest BCUT2D eigenvalue weighted by Gasteiger charge is 2.13. The number of rotatable bonds is 3. The van der Waals surface area contributed by atoms with Crippen LogP contribution in [0, 0.1) is 0 Å². The number of ketones is 1. The van der Waals surface area contributed by atoms with E-state index in [0.717, 1.165) is 0 Å². The van der Waals surface area contributed by atoms with Gasteiger partial charge in [-0.25, -0.2) is 4.98 Å². The fraction of sp³-hybridized carbons (Fsp3) is 0.0909. The number of aromatic amines is 1. The minimum atomic E-state index is -0.115. The monoisotopic (exact) mass is 254 g/mol. The molecule has 0 radical (unpaired) electrons. The fourth-order valence-corrected chi connectivity index (χ4v) is 1.90. The van der Waals surface area contributed by atoms with Gasteiger partial charge in [-0.3, -0.25) is 4.79 Å². The third-order valence-electron chi connectivity index (χ3n) is 2.18. The average Bonchev–Trinajstić information content (AvgIpc) is 2.76. The Hall–Kier alpha value is -1.32. The van der Waals surface area contributed by atoms with Crippen LogP contribution in [0.5, 0.6) is 0 Å². The van der Waals surface area contributed by atoms with E-state index in [-0.39, 0.29) is 12.2 Å². The SMILES string of the molecule is O=C(Cc1c(Cl)cccc1Cl)c1c[nH]cn1. The summed E-state index contributed by atoms with van der Waals surface area (Å²) in [5.74, 6) is -0.115. The lowest BCUT2D eigenvalue weighted by atomic mass is 10.1. The zero-order valence-electron chi connectivity index (χ0n) is 8.21. The van der Waals surface area contributed by atoms with Gasteiger partial charge in [-0.05, 0) is 17.7 Å². The van der Waals surface area contributed by atoms with Crippen molar-refractivity contribution in [3.05, 3.63) is 52.0 Å². The van der Waals surface area contributed by atoms with Gasteiger partial charge < -0.3 is 4.98 Å². The van der Waals surface area contributed by atoms with Crippen LogP contribution in [0.2, 0.25) is 10.0 Å². The molecule has 0 unspecified atom stereocenters. The van der Waals surface area contributed by atoms with Crippen molar-refractivity contribution in [1.82, 2.24) is 9.97 Å². The summed E-state index contributed by atoms with van der Waals surface area (Å²) in [6.07, 6.45) is 3.16. The summed E-state index contributed by atoms with van der Waals surface area (Å²) in [6, 6.07) is 5.16. The van der Waals surface area contributed by atoms with Gasteiger partial charge in [-0.15, -0.1) is 0 Å². The van der Waals surface area contributed by atoms with E-state index in [1.165, 1.54) is 6.33 Å². The molecule has 2 aromatic rings. The van der Waals surface area contributed by atoms with E-state index in [2.05, 4.69) is 9.97 Å². The summed E-state index contributed by atoms with van der Waals surface area (Å²) < 4.78 is 0. The minimum absolute atomic E-state index is 0.115. The third kappa shape index (κ3) is 2.26. The summed E-state index contributed by atoms with van der Waals surface area (Å²) in [5, 5.41) is 0.993. The smallest absolute Gasteiger partial charge is 0.187 e. The van der Waals surface area contributed by atoms with Crippen LogP contribution in [0.4, 0.5) is 0 Å². The van der Waals surface area contributed by atoms with E-state index in [0.29, 0.717) is 21.3 Å². The maximum atomic E-state index is 11.8. The molecule has 2 rings (SSSR count). The normalized spacial score (nSPS) is 10.4. The van der Waals surface area contributed by atoms with Crippen molar-refractivity contribution >= 4 is 29.0 Å². The third-order valence-corrected chi connectivity index (χ3v) is 2.89. The Kier molecular flexibility index (Phi) is 3.27. The predicted molar refractivity (Wildman–Crippen MR) is 63.1 cm³/mol. The Morgan fingerprint density at radius 2 is 2.00 bits per heavy atom. The van der Waals surface area contributed by atoms with Crippen LogP contribution >= 0.6 is 23.2 Å². The minimum Gasteiger partial charge on any atom is -0.350 e. The second kappa shape index (κ2) is 4.68. The van der Waals surface area contributed by atoms with E-state index in [1.807, 2.05) is 0 Å². The first-order valence-electron chi connectivity index (χ1n) is 4.63. The number of benzene rings is 1. The number of H-pyrrole nitrogens is 1. The molecule has 0 fully saturated rings. The molecule has 0 saturated heterocycles. The van der Waals surface area contributed by atoms with Crippen molar-refractivity contribution in [3.63, 3.8) is 0 Å². The number of nitrogens with zero attached hydrogens (tertiary/aromatic N) is 1. The van der Waals surface area contributed by atoms with E-state index >= 15 is 0 Å². The Morgan fingerprint density at radius 1 is 1.31 bits per heavy atom. The lowest BCUT2D eigenvalue weighted by molar-refractivity contribution is 0.0988. The molecular formula is C11H8Cl2N2O. The van der Waals surface area contributed by atoms with E-state index in [1.54, 1.807) is 24.4 Å². The van der Waals surface area contributed by atoms with Gasteiger partial charge in [0.2, 0.25) is 0 Å². The van der Waals surface area contributed by atoms with Crippen molar-refractivity contribution < 1.29 is 4.79 Å². The number of halogens is 2. The Labute approximate surface area is 102 Å². The van der Waals surface area contributed by atoms with Crippen molar-refractivity contribution in [3.8, 4) is 0 Å². The van der Waals surface area contributed by atoms with Gasteiger partial charge in [0.05, 0.1) is 6.33 Å². The van der Waals surface area contributed by atoms with Crippen LogP contribution in [0.3, 0.4) is 0 Å². The van der Waals surface area contributed by atoms with Gasteiger partial charge >= 0.3 is 0 Å². The molecule has 1 aromatic heterocycles. The van der Waals surface area contributed by atoms with Crippen molar-refractivity contribution in [2.24, 2.45) is 0 Å². The molecule has 16 heavy (non-hydrogen) atoms. The highest BCUT2D eigenvalue weighted by molar-refractivity contribution is 6.36. The van der Waals surface area contributed by atoms with Crippen molar-refractivity contribution in [1.29, 1.82) is 0 Å². The van der Waals surface area contributed by atoms with E-state index in [9.17, 15) is 4.79 Å². The first-order valence-corrected chi connectivity index (χ1v) is 5.39. The van der Waals surface area contributed by atoms with Crippen LogP contribution in [0.1, 0.15) is 16.1 Å². The molecule has 0 aliphatic carbocycles. The van der Waals surface area contributed by atoms with E-state index < -0.39 is 0 Å². The van der Waals surface area contributed by atoms with Crippen LogP contribution in [0.15, 0.2) is 30.7 Å². The van der Waals surface area contributed by atoms with Gasteiger partial charge in [-0.2, -0.15) is 0 Å². The number of carbonyl (C=O) groups excluding carboxylic acids is 1. The number of nitrogens with one attached hydrogen (secondary N) is 1. The first kappa shape index (κ1) is 11.2. The topological polar surface area (TPSA) is 45.8 Å². The number of hydrogen-bond donors (Lipinski definition) is 1. The summed E-state index contributed by atoms with van der Waals surface area (Å²) in [5.41, 5.74) is 1.02. The Bertz CT molecular complexity index is 488. The summed E-state index contributed by atoms with van der Waals surface area (Å²) >= 11 is 11.9. The Balaban J connectivity index is 2.25. The quantitative estimate of drug-likeness (QED) is 0.856. The van der Waals surface area contributed by atoms with Gasteiger partial charge in [-0.1, -0.05) is 29.3 Å². The lowest BCUT2D eigenvalue weighted by Crippen LogP contribution is -2.04. The molecule has 1 heterocycles. The van der Waals surface area contributed by atoms with Crippen LogP contribution < -0.4 is 0 Å². The highest BCUT2D eigenvalue weighted by Crippen LogP contribution is 2.25. The molecule has 1 aromatic carbocycles. The molecule has 0 amide bonds. The van der Waals surface area contributed by atoms with Crippen molar-refractivity contribution in [2.45, 2.75) is 6.42 Å². The van der Waals surface area contributed by atoms with Gasteiger partial charge in [0.15, 0.2) is 5.78 Å². The van der Waals surface area contributed by atoms with Crippen LogP contribution in [-0.2, 0) is 6.42 Å². The second-order valence-corrected chi connectivity index (χ2v) is 4.07. The lowest BCUT2D eigenvalue weighted by Gasteiger charge is -2.04. The fourth-order valence-electron chi connectivity index (χ4n) is 1.37. The molecule has 0 bridgehead atoms. The number of aromatic nitrogens is 2. The Morgan fingerprint density at radius 3 is 2.56 bits per heavy atom. The predicted octanol–water partition coefficient (Wildman–Crippen LogP) is 3.14. The zero-order valence-corrected chi connectivity index (χ0v) is 9.72. The van der Waals surface area contributed by atoms with Crippen LogP contribution in [0.25, 0.3) is 0 Å². The van der Waals surface area contributed by atoms with Gasteiger partial charge in [0.25, 0.3) is 0 Å². The molecule has 0 saturated carbocycles.